The molecule has 2 N–H and O–H groups in total. The summed E-state index contributed by atoms with van der Waals surface area (Å²) in [6.45, 7) is 0. The number of hydrogen-bond donors (Lipinski definition) is 2. The Bertz CT molecular complexity index is 1020. The van der Waals surface area contributed by atoms with Gasteiger partial charge in [-0.2, -0.15) is 0 Å². The quantitative estimate of drug-likeness (QED) is 0.745. The molecule has 2 bridgehead atoms. The smallest absolute Gasteiger partial charge is 0.310 e. The van der Waals surface area contributed by atoms with Crippen LogP contribution in [0.15, 0.2) is 48.5 Å². The number of amides is 2. The average molecular weight is 406 g/mol. The number of esters is 1. The van der Waals surface area contributed by atoms with E-state index in [4.69, 9.17) is 9.47 Å². The van der Waals surface area contributed by atoms with Gasteiger partial charge >= 0.3 is 5.97 Å². The third kappa shape index (κ3) is 3.10. The number of carbonyl (C=O) groups excluding carboxylic acids is 3. The summed E-state index contributed by atoms with van der Waals surface area (Å²) in [4.78, 5) is 37.4. The second-order valence-electron chi connectivity index (χ2n) is 8.17. The van der Waals surface area contributed by atoms with Gasteiger partial charge in [0.15, 0.2) is 0 Å². The van der Waals surface area contributed by atoms with Crippen LogP contribution in [0, 0.1) is 23.7 Å². The molecule has 2 aromatic carbocycles. The molecule has 7 heteroatoms. The highest BCUT2D eigenvalue weighted by Gasteiger charge is 2.63. The van der Waals surface area contributed by atoms with Gasteiger partial charge in [0.1, 0.15) is 11.9 Å². The predicted molar refractivity (Wildman–Crippen MR) is 109 cm³/mol. The Morgan fingerprint density at radius 3 is 2.60 bits per heavy atom. The van der Waals surface area contributed by atoms with E-state index >= 15 is 0 Å². The van der Waals surface area contributed by atoms with Crippen molar-refractivity contribution in [1.82, 2.24) is 0 Å². The summed E-state index contributed by atoms with van der Waals surface area (Å²) in [5.41, 5.74) is 1.70. The third-order valence-electron chi connectivity index (χ3n) is 6.53. The van der Waals surface area contributed by atoms with Gasteiger partial charge in [0.25, 0.3) is 5.91 Å². The van der Waals surface area contributed by atoms with Gasteiger partial charge in [-0.05, 0) is 55.2 Å². The van der Waals surface area contributed by atoms with Crippen molar-refractivity contribution in [3.8, 4) is 5.75 Å². The predicted octanol–water partition coefficient (Wildman–Crippen LogP) is 3.08. The average Bonchev–Trinajstić information content (AvgIpc) is 3.37. The molecule has 30 heavy (non-hydrogen) atoms. The van der Waals surface area contributed by atoms with Gasteiger partial charge in [0.2, 0.25) is 5.91 Å². The van der Waals surface area contributed by atoms with Gasteiger partial charge in [-0.25, -0.2) is 0 Å². The highest BCUT2D eigenvalue weighted by atomic mass is 16.6. The number of hydrogen-bond acceptors (Lipinski definition) is 5. The van der Waals surface area contributed by atoms with E-state index in [1.165, 1.54) is 0 Å². The molecule has 2 aliphatic carbocycles. The van der Waals surface area contributed by atoms with Crippen LogP contribution in [0.3, 0.4) is 0 Å². The van der Waals surface area contributed by atoms with Crippen LogP contribution in [0.4, 0.5) is 11.4 Å². The minimum atomic E-state index is -0.322. The van der Waals surface area contributed by atoms with Crippen molar-refractivity contribution in [2.45, 2.75) is 18.9 Å². The Kier molecular flexibility index (Phi) is 4.46. The molecule has 2 aromatic rings. The largest absolute Gasteiger partial charge is 0.497 e. The number of fused-ring (bicyclic) bond motifs is 1. The molecule has 0 unspecified atom stereocenters. The Balaban J connectivity index is 1.23. The molecule has 5 rings (SSSR count). The zero-order chi connectivity index (χ0) is 20.8. The van der Waals surface area contributed by atoms with E-state index in [2.05, 4.69) is 10.6 Å². The summed E-state index contributed by atoms with van der Waals surface area (Å²) in [5, 5.41) is 5.73. The molecule has 2 amide bonds. The minimum absolute atomic E-state index is 0.0129. The van der Waals surface area contributed by atoms with Crippen molar-refractivity contribution >= 4 is 29.2 Å². The summed E-state index contributed by atoms with van der Waals surface area (Å²) >= 11 is 0. The maximum atomic E-state index is 12.8. The van der Waals surface area contributed by atoms with Crippen LogP contribution < -0.4 is 15.4 Å². The minimum Gasteiger partial charge on any atom is -0.497 e. The Morgan fingerprint density at radius 2 is 1.83 bits per heavy atom. The Hall–Kier alpha value is -3.35. The van der Waals surface area contributed by atoms with Crippen molar-refractivity contribution in [1.29, 1.82) is 0 Å². The lowest BCUT2D eigenvalue weighted by Gasteiger charge is -2.23. The fourth-order valence-electron chi connectivity index (χ4n) is 5.20. The second kappa shape index (κ2) is 7.16. The summed E-state index contributed by atoms with van der Waals surface area (Å²) < 4.78 is 10.6. The summed E-state index contributed by atoms with van der Waals surface area (Å²) in [7, 11) is 1.57. The molecule has 2 saturated carbocycles. The van der Waals surface area contributed by atoms with Crippen molar-refractivity contribution in [3.05, 3.63) is 54.1 Å². The number of anilines is 2. The fourth-order valence-corrected chi connectivity index (χ4v) is 5.20. The van der Waals surface area contributed by atoms with Crippen molar-refractivity contribution < 1.29 is 23.9 Å². The first kappa shape index (κ1) is 18.7. The normalized spacial score (nSPS) is 28.2. The maximum absolute atomic E-state index is 12.8. The zero-order valence-electron chi connectivity index (χ0n) is 16.5. The summed E-state index contributed by atoms with van der Waals surface area (Å²) in [6, 6.07) is 13.8. The van der Waals surface area contributed by atoms with Crippen LogP contribution >= 0.6 is 0 Å². The topological polar surface area (TPSA) is 93.7 Å². The van der Waals surface area contributed by atoms with Crippen LogP contribution in [-0.2, 0) is 14.3 Å². The molecule has 3 aliphatic rings. The second-order valence-corrected chi connectivity index (χ2v) is 8.17. The van der Waals surface area contributed by atoms with Crippen molar-refractivity contribution in [3.63, 3.8) is 0 Å². The molecular formula is C23H22N2O5. The lowest BCUT2D eigenvalue weighted by Crippen LogP contribution is -2.35. The number of ether oxygens (including phenoxy) is 2. The highest BCUT2D eigenvalue weighted by molar-refractivity contribution is 6.05. The lowest BCUT2D eigenvalue weighted by atomic mass is 9.79. The molecule has 1 heterocycles. The Morgan fingerprint density at radius 1 is 1.03 bits per heavy atom. The van der Waals surface area contributed by atoms with Crippen LogP contribution in [0.25, 0.3) is 0 Å². The van der Waals surface area contributed by atoms with E-state index in [1.807, 2.05) is 0 Å². The van der Waals surface area contributed by atoms with E-state index in [0.717, 1.165) is 12.8 Å². The molecular weight excluding hydrogens is 384 g/mol. The summed E-state index contributed by atoms with van der Waals surface area (Å²) in [5.74, 6) is -0.185. The molecule has 3 fully saturated rings. The van der Waals surface area contributed by atoms with Gasteiger partial charge in [0, 0.05) is 28.9 Å². The highest BCUT2D eigenvalue weighted by Crippen LogP contribution is 2.57. The van der Waals surface area contributed by atoms with E-state index in [1.54, 1.807) is 55.6 Å². The first-order chi connectivity index (χ1) is 14.5. The van der Waals surface area contributed by atoms with Gasteiger partial charge in [-0.3, -0.25) is 14.4 Å². The van der Waals surface area contributed by atoms with Crippen LogP contribution in [0.5, 0.6) is 5.75 Å². The molecule has 0 spiro atoms. The first-order valence-corrected chi connectivity index (χ1v) is 10.1. The van der Waals surface area contributed by atoms with Gasteiger partial charge in [-0.1, -0.05) is 6.07 Å². The fraction of sp³-hybridized carbons (Fsp3) is 0.348. The first-order valence-electron chi connectivity index (χ1n) is 10.1. The monoisotopic (exact) mass is 406 g/mol. The molecule has 0 radical (unpaired) electrons. The maximum Gasteiger partial charge on any atom is 0.310 e. The number of carbonyl (C=O) groups is 3. The van der Waals surface area contributed by atoms with Gasteiger partial charge < -0.3 is 20.1 Å². The van der Waals surface area contributed by atoms with Crippen LogP contribution in [0.1, 0.15) is 23.2 Å². The number of nitrogens with one attached hydrogen (secondary N) is 2. The lowest BCUT2D eigenvalue weighted by molar-refractivity contribution is -0.145. The SMILES string of the molecule is COc1cccc(NC(=O)c2ccc(NC(=O)[C@@H]3[C@@H]4C[C@@H]5[C@@H]3C(=O)O[C@H]5C4)cc2)c1. The Labute approximate surface area is 173 Å². The van der Waals surface area contributed by atoms with E-state index < -0.39 is 0 Å². The zero-order valence-corrected chi connectivity index (χ0v) is 16.5. The van der Waals surface area contributed by atoms with E-state index in [-0.39, 0.29) is 47.6 Å². The number of methoxy groups -OCH3 is 1. The van der Waals surface area contributed by atoms with Crippen molar-refractivity contribution in [2.24, 2.45) is 23.7 Å². The number of benzene rings is 2. The molecule has 7 nitrogen and oxygen atoms in total. The van der Waals surface area contributed by atoms with Gasteiger partial charge in [-0.15, -0.1) is 0 Å². The van der Waals surface area contributed by atoms with Crippen molar-refractivity contribution in [2.75, 3.05) is 17.7 Å². The molecule has 5 atom stereocenters. The molecule has 1 saturated heterocycles. The summed E-state index contributed by atoms with van der Waals surface area (Å²) in [6.07, 6.45) is 1.69. The third-order valence-corrected chi connectivity index (χ3v) is 6.53. The van der Waals surface area contributed by atoms with E-state index in [0.29, 0.717) is 22.7 Å². The molecule has 0 aromatic heterocycles. The standard InChI is InChI=1S/C23H22N2O5/c1-29-16-4-2-3-15(11-16)25-21(26)12-5-7-14(8-6-12)24-22(27)19-13-9-17-18(10-13)30-23(28)20(17)19/h2-8,11,13,17-20H,9-10H2,1H3,(H,24,27)(H,25,26)/t13-,17+,18+,19-,20+/m1/s1. The van der Waals surface area contributed by atoms with Gasteiger partial charge in [0.05, 0.1) is 18.9 Å². The van der Waals surface area contributed by atoms with E-state index in [9.17, 15) is 14.4 Å². The number of rotatable bonds is 5. The molecule has 154 valence electrons. The van der Waals surface area contributed by atoms with Crippen LogP contribution in [-0.4, -0.2) is 31.0 Å². The molecule has 1 aliphatic heterocycles. The van der Waals surface area contributed by atoms with Crippen LogP contribution in [0.2, 0.25) is 0 Å².